The molecule has 0 aliphatic carbocycles. The number of sulfonamides is 1. The summed E-state index contributed by atoms with van der Waals surface area (Å²) < 4.78 is 38.4. The summed E-state index contributed by atoms with van der Waals surface area (Å²) in [6.45, 7) is 1.95. The first kappa shape index (κ1) is 23.3. The van der Waals surface area contributed by atoms with Crippen LogP contribution in [-0.2, 0) is 28.0 Å². The lowest BCUT2D eigenvalue weighted by atomic mass is 10.2. The fourth-order valence-electron chi connectivity index (χ4n) is 3.10. The zero-order chi connectivity index (χ0) is 23.1. The molecule has 0 atom stereocenters. The van der Waals surface area contributed by atoms with Gasteiger partial charge in [-0.2, -0.15) is 4.31 Å². The minimum Gasteiger partial charge on any atom is -0.493 e. The maximum Gasteiger partial charge on any atom is 0.243 e. The molecule has 0 bridgehead atoms. The number of amides is 1. The molecule has 0 spiro atoms. The number of hydrogen-bond acceptors (Lipinski definition) is 5. The number of benzene rings is 3. The molecule has 0 saturated heterocycles. The lowest BCUT2D eigenvalue weighted by Gasteiger charge is -2.19. The zero-order valence-corrected chi connectivity index (χ0v) is 19.1. The van der Waals surface area contributed by atoms with Crippen molar-refractivity contribution in [2.75, 3.05) is 19.5 Å². The molecule has 1 amide bonds. The summed E-state index contributed by atoms with van der Waals surface area (Å²) in [5.41, 5.74) is 2.33. The van der Waals surface area contributed by atoms with Crippen molar-refractivity contribution in [2.24, 2.45) is 0 Å². The van der Waals surface area contributed by atoms with Crippen LogP contribution in [0.4, 0.5) is 5.69 Å². The van der Waals surface area contributed by atoms with Crippen molar-refractivity contribution in [3.8, 4) is 11.5 Å². The zero-order valence-electron chi connectivity index (χ0n) is 18.2. The van der Waals surface area contributed by atoms with Crippen LogP contribution in [0, 0.1) is 0 Å². The maximum atomic E-state index is 12.9. The molecule has 7 nitrogen and oxygen atoms in total. The van der Waals surface area contributed by atoms with Gasteiger partial charge in [0.25, 0.3) is 0 Å². The molecule has 1 N–H and O–H groups in total. The van der Waals surface area contributed by atoms with Crippen LogP contribution in [0.25, 0.3) is 0 Å². The van der Waals surface area contributed by atoms with Crippen molar-refractivity contribution in [2.45, 2.75) is 25.0 Å². The molecule has 0 fully saturated rings. The molecular weight excluding hydrogens is 428 g/mol. The monoisotopic (exact) mass is 454 g/mol. The fraction of sp³-hybridized carbons (Fsp3) is 0.208. The number of nitrogens with zero attached hydrogens (tertiary/aromatic N) is 1. The molecule has 3 rings (SSSR count). The largest absolute Gasteiger partial charge is 0.493 e. The number of anilines is 1. The van der Waals surface area contributed by atoms with Crippen LogP contribution in [0.3, 0.4) is 0 Å². The summed E-state index contributed by atoms with van der Waals surface area (Å²) in [6.07, 6.45) is 0. The highest BCUT2D eigenvalue weighted by atomic mass is 32.2. The summed E-state index contributed by atoms with van der Waals surface area (Å²) >= 11 is 0. The number of hydrogen-bond donors (Lipinski definition) is 1. The van der Waals surface area contributed by atoms with Gasteiger partial charge in [0.1, 0.15) is 6.61 Å². The Morgan fingerprint density at radius 3 is 2.25 bits per heavy atom. The van der Waals surface area contributed by atoms with Crippen LogP contribution in [0.2, 0.25) is 0 Å². The minimum absolute atomic E-state index is 0.142. The van der Waals surface area contributed by atoms with Crippen molar-refractivity contribution in [3.05, 3.63) is 83.9 Å². The van der Waals surface area contributed by atoms with Crippen LogP contribution in [0.1, 0.15) is 18.1 Å². The van der Waals surface area contributed by atoms with Crippen LogP contribution >= 0.6 is 0 Å². The SMILES string of the molecule is COc1cc(CN(C)S(=O)(=O)c2ccc(NC(C)=O)cc2)ccc1OCc1ccccc1. The van der Waals surface area contributed by atoms with Gasteiger partial charge in [-0.25, -0.2) is 8.42 Å². The van der Waals surface area contributed by atoms with Crippen LogP contribution in [-0.4, -0.2) is 32.8 Å². The van der Waals surface area contributed by atoms with Crippen molar-refractivity contribution < 1.29 is 22.7 Å². The predicted octanol–water partition coefficient (Wildman–Crippen LogP) is 4.05. The maximum absolute atomic E-state index is 12.9. The van der Waals surface area contributed by atoms with E-state index < -0.39 is 10.0 Å². The van der Waals surface area contributed by atoms with E-state index in [0.29, 0.717) is 23.8 Å². The van der Waals surface area contributed by atoms with Crippen molar-refractivity contribution in [1.29, 1.82) is 0 Å². The molecule has 0 radical (unpaired) electrons. The van der Waals surface area contributed by atoms with Gasteiger partial charge < -0.3 is 14.8 Å². The van der Waals surface area contributed by atoms with Gasteiger partial charge in [0.05, 0.1) is 12.0 Å². The molecule has 0 aliphatic heterocycles. The minimum atomic E-state index is -3.71. The van der Waals surface area contributed by atoms with E-state index in [1.165, 1.54) is 30.4 Å². The highest BCUT2D eigenvalue weighted by molar-refractivity contribution is 7.89. The molecule has 0 unspecified atom stereocenters. The lowest BCUT2D eigenvalue weighted by Crippen LogP contribution is -2.26. The highest BCUT2D eigenvalue weighted by Gasteiger charge is 2.21. The number of rotatable bonds is 9. The summed E-state index contributed by atoms with van der Waals surface area (Å²) in [4.78, 5) is 11.3. The van der Waals surface area contributed by atoms with Crippen molar-refractivity contribution >= 4 is 21.6 Å². The third kappa shape index (κ3) is 5.87. The highest BCUT2D eigenvalue weighted by Crippen LogP contribution is 2.30. The Morgan fingerprint density at radius 2 is 1.62 bits per heavy atom. The molecule has 32 heavy (non-hydrogen) atoms. The van der Waals surface area contributed by atoms with Crippen molar-refractivity contribution in [3.63, 3.8) is 0 Å². The molecule has 3 aromatic rings. The molecule has 0 saturated carbocycles. The number of carbonyl (C=O) groups is 1. The van der Waals surface area contributed by atoms with E-state index in [0.717, 1.165) is 11.1 Å². The molecule has 8 heteroatoms. The van der Waals surface area contributed by atoms with Crippen LogP contribution < -0.4 is 14.8 Å². The third-order valence-corrected chi connectivity index (χ3v) is 6.57. The molecule has 3 aromatic carbocycles. The fourth-order valence-corrected chi connectivity index (χ4v) is 4.26. The second kappa shape index (κ2) is 10.3. The van der Waals surface area contributed by atoms with Crippen LogP contribution in [0.5, 0.6) is 11.5 Å². The van der Waals surface area contributed by atoms with E-state index in [4.69, 9.17) is 9.47 Å². The molecule has 0 heterocycles. The summed E-state index contributed by atoms with van der Waals surface area (Å²) in [5.74, 6) is 0.894. The van der Waals surface area contributed by atoms with Gasteiger partial charge in [0.2, 0.25) is 15.9 Å². The van der Waals surface area contributed by atoms with E-state index in [1.54, 1.807) is 31.4 Å². The Balaban J connectivity index is 1.70. The number of carbonyl (C=O) groups excluding carboxylic acids is 1. The number of nitrogens with one attached hydrogen (secondary N) is 1. The summed E-state index contributed by atoms with van der Waals surface area (Å²) in [5, 5.41) is 2.62. The second-order valence-electron chi connectivity index (χ2n) is 7.23. The van der Waals surface area contributed by atoms with Crippen molar-refractivity contribution in [1.82, 2.24) is 4.31 Å². The van der Waals surface area contributed by atoms with Gasteiger partial charge in [-0.15, -0.1) is 0 Å². The van der Waals surface area contributed by atoms with Crippen LogP contribution in [0.15, 0.2) is 77.7 Å². The first-order chi connectivity index (χ1) is 15.3. The Kier molecular flexibility index (Phi) is 7.50. The Morgan fingerprint density at radius 1 is 0.938 bits per heavy atom. The lowest BCUT2D eigenvalue weighted by molar-refractivity contribution is -0.114. The van der Waals surface area contributed by atoms with E-state index in [1.807, 2.05) is 36.4 Å². The van der Waals surface area contributed by atoms with E-state index in [9.17, 15) is 13.2 Å². The average Bonchev–Trinajstić information content (AvgIpc) is 2.78. The molecule has 0 aliphatic rings. The normalized spacial score (nSPS) is 11.2. The predicted molar refractivity (Wildman–Crippen MR) is 123 cm³/mol. The summed E-state index contributed by atoms with van der Waals surface area (Å²) in [7, 11) is -0.645. The first-order valence-corrected chi connectivity index (χ1v) is 11.4. The molecular formula is C24H26N2O5S. The Labute approximate surface area is 188 Å². The van der Waals surface area contributed by atoms with E-state index in [2.05, 4.69) is 5.32 Å². The Bertz CT molecular complexity index is 1160. The number of methoxy groups -OCH3 is 1. The number of ether oxygens (including phenoxy) is 2. The Hall–Kier alpha value is -3.36. The van der Waals surface area contributed by atoms with Gasteiger partial charge in [-0.1, -0.05) is 36.4 Å². The van der Waals surface area contributed by atoms with Gasteiger partial charge in [-0.05, 0) is 47.5 Å². The third-order valence-electron chi connectivity index (χ3n) is 4.75. The van der Waals surface area contributed by atoms with Gasteiger partial charge in [0, 0.05) is 26.2 Å². The van der Waals surface area contributed by atoms with E-state index in [-0.39, 0.29) is 17.3 Å². The summed E-state index contributed by atoms with van der Waals surface area (Å²) in [6, 6.07) is 21.2. The standard InChI is InChI=1S/C24H26N2O5S/c1-18(27)25-21-10-12-22(13-11-21)32(28,29)26(2)16-20-9-14-23(24(15-20)30-3)31-17-19-7-5-4-6-8-19/h4-15H,16-17H2,1-3H3,(H,25,27). The van der Waals surface area contributed by atoms with Gasteiger partial charge in [0.15, 0.2) is 11.5 Å². The first-order valence-electron chi connectivity index (χ1n) is 9.97. The van der Waals surface area contributed by atoms with Gasteiger partial charge in [-0.3, -0.25) is 4.79 Å². The smallest absolute Gasteiger partial charge is 0.243 e. The topological polar surface area (TPSA) is 84.9 Å². The average molecular weight is 455 g/mol. The second-order valence-corrected chi connectivity index (χ2v) is 9.27. The molecule has 168 valence electrons. The van der Waals surface area contributed by atoms with Gasteiger partial charge >= 0.3 is 0 Å². The quantitative estimate of drug-likeness (QED) is 0.527. The van der Waals surface area contributed by atoms with E-state index >= 15 is 0 Å². The molecule has 0 aromatic heterocycles.